The Balaban J connectivity index is 2.81. The Morgan fingerprint density at radius 2 is 1.75 bits per heavy atom. The van der Waals surface area contributed by atoms with E-state index in [9.17, 15) is 9.59 Å². The van der Waals surface area contributed by atoms with E-state index in [4.69, 9.17) is 0 Å². The normalized spacial score (nSPS) is 12.6. The summed E-state index contributed by atoms with van der Waals surface area (Å²) in [6.07, 6.45) is 0.495. The zero-order chi connectivity index (χ0) is 15.2. The van der Waals surface area contributed by atoms with E-state index in [-0.39, 0.29) is 11.8 Å². The molecule has 0 saturated heterocycles. The van der Waals surface area contributed by atoms with Crippen molar-refractivity contribution in [1.82, 2.24) is 10.6 Å². The Morgan fingerprint density at radius 3 is 2.25 bits per heavy atom. The SMILES string of the molecule is CCNC(=O)[C@H](Cc1ccccc1)NC(=O)C(C)(C)C. The maximum atomic E-state index is 12.1. The summed E-state index contributed by atoms with van der Waals surface area (Å²) < 4.78 is 0. The molecule has 0 aliphatic rings. The van der Waals surface area contributed by atoms with E-state index < -0.39 is 11.5 Å². The van der Waals surface area contributed by atoms with Gasteiger partial charge in [0, 0.05) is 18.4 Å². The molecule has 20 heavy (non-hydrogen) atoms. The van der Waals surface area contributed by atoms with E-state index in [2.05, 4.69) is 10.6 Å². The number of hydrogen-bond donors (Lipinski definition) is 2. The highest BCUT2D eigenvalue weighted by Gasteiger charge is 2.27. The van der Waals surface area contributed by atoms with Crippen LogP contribution in [0.4, 0.5) is 0 Å². The topological polar surface area (TPSA) is 58.2 Å². The fourth-order valence-electron chi connectivity index (χ4n) is 1.73. The minimum atomic E-state index is -0.538. The summed E-state index contributed by atoms with van der Waals surface area (Å²) in [5.74, 6) is -0.265. The first-order valence-electron chi connectivity index (χ1n) is 6.97. The smallest absolute Gasteiger partial charge is 0.242 e. The molecule has 2 N–H and O–H groups in total. The molecule has 0 radical (unpaired) electrons. The number of nitrogens with one attached hydrogen (secondary N) is 2. The van der Waals surface area contributed by atoms with Gasteiger partial charge in [-0.1, -0.05) is 51.1 Å². The van der Waals surface area contributed by atoms with Gasteiger partial charge in [0.2, 0.25) is 11.8 Å². The van der Waals surface area contributed by atoms with Crippen molar-refractivity contribution in [1.29, 1.82) is 0 Å². The van der Waals surface area contributed by atoms with Crippen molar-refractivity contribution < 1.29 is 9.59 Å². The lowest BCUT2D eigenvalue weighted by molar-refractivity contribution is -0.133. The van der Waals surface area contributed by atoms with Crippen LogP contribution < -0.4 is 10.6 Å². The molecule has 4 nitrogen and oxygen atoms in total. The van der Waals surface area contributed by atoms with Crippen molar-refractivity contribution in [3.05, 3.63) is 35.9 Å². The van der Waals surface area contributed by atoms with Crippen molar-refractivity contribution in [2.75, 3.05) is 6.54 Å². The molecule has 0 saturated carbocycles. The molecule has 2 amide bonds. The van der Waals surface area contributed by atoms with Crippen LogP contribution in [0.5, 0.6) is 0 Å². The molecule has 0 heterocycles. The Hall–Kier alpha value is -1.84. The quantitative estimate of drug-likeness (QED) is 0.863. The van der Waals surface area contributed by atoms with Crippen LogP contribution in [0.2, 0.25) is 0 Å². The van der Waals surface area contributed by atoms with Crippen LogP contribution in [0.25, 0.3) is 0 Å². The predicted molar refractivity (Wildman–Crippen MR) is 80.2 cm³/mol. The fraction of sp³-hybridized carbons (Fsp3) is 0.500. The van der Waals surface area contributed by atoms with Gasteiger partial charge in [-0.15, -0.1) is 0 Å². The third-order valence-electron chi connectivity index (χ3n) is 2.94. The average Bonchev–Trinajstić information content (AvgIpc) is 2.38. The molecule has 0 spiro atoms. The molecule has 0 fully saturated rings. The lowest BCUT2D eigenvalue weighted by Crippen LogP contribution is -2.50. The molecule has 0 aliphatic carbocycles. The van der Waals surface area contributed by atoms with E-state index in [0.717, 1.165) is 5.56 Å². The Kier molecular flexibility index (Phi) is 5.74. The fourth-order valence-corrected chi connectivity index (χ4v) is 1.73. The summed E-state index contributed by atoms with van der Waals surface area (Å²) in [6, 6.07) is 9.15. The maximum absolute atomic E-state index is 12.1. The first kappa shape index (κ1) is 16.2. The first-order chi connectivity index (χ1) is 9.34. The Labute approximate surface area is 121 Å². The number of amides is 2. The van der Waals surface area contributed by atoms with Crippen LogP contribution in [0.15, 0.2) is 30.3 Å². The number of rotatable bonds is 5. The maximum Gasteiger partial charge on any atom is 0.242 e. The third kappa shape index (κ3) is 5.03. The second-order valence-corrected chi connectivity index (χ2v) is 5.86. The number of likely N-dealkylation sites (N-methyl/N-ethyl adjacent to an activating group) is 1. The second kappa shape index (κ2) is 7.08. The zero-order valence-electron chi connectivity index (χ0n) is 12.7. The molecular weight excluding hydrogens is 252 g/mol. The zero-order valence-corrected chi connectivity index (χ0v) is 12.7. The molecule has 0 unspecified atom stereocenters. The molecule has 1 atom stereocenters. The van der Waals surface area contributed by atoms with E-state index in [1.54, 1.807) is 0 Å². The van der Waals surface area contributed by atoms with Gasteiger partial charge in [-0.3, -0.25) is 9.59 Å². The first-order valence-corrected chi connectivity index (χ1v) is 6.97. The van der Waals surface area contributed by atoms with Gasteiger partial charge in [0.05, 0.1) is 0 Å². The molecule has 0 aromatic heterocycles. The van der Waals surface area contributed by atoms with Crippen LogP contribution in [-0.4, -0.2) is 24.4 Å². The van der Waals surface area contributed by atoms with Crippen LogP contribution in [0.1, 0.15) is 33.3 Å². The van der Waals surface area contributed by atoms with Crippen LogP contribution in [0.3, 0.4) is 0 Å². The number of carbonyl (C=O) groups excluding carboxylic acids is 2. The Morgan fingerprint density at radius 1 is 1.15 bits per heavy atom. The Bertz CT molecular complexity index is 449. The predicted octanol–water partition coefficient (Wildman–Crippen LogP) is 1.90. The highest BCUT2D eigenvalue weighted by Crippen LogP contribution is 2.14. The number of hydrogen-bond acceptors (Lipinski definition) is 2. The average molecular weight is 276 g/mol. The molecular formula is C16H24N2O2. The molecule has 1 rings (SSSR count). The third-order valence-corrected chi connectivity index (χ3v) is 2.94. The van der Waals surface area contributed by atoms with Gasteiger partial charge in [0.25, 0.3) is 0 Å². The summed E-state index contributed by atoms with van der Waals surface area (Å²) in [5, 5.41) is 5.61. The van der Waals surface area contributed by atoms with Crippen LogP contribution >= 0.6 is 0 Å². The second-order valence-electron chi connectivity index (χ2n) is 5.86. The highest BCUT2D eigenvalue weighted by molar-refractivity contribution is 5.89. The van der Waals surface area contributed by atoms with E-state index in [1.807, 2.05) is 58.0 Å². The van der Waals surface area contributed by atoms with Crippen LogP contribution in [-0.2, 0) is 16.0 Å². The lowest BCUT2D eigenvalue weighted by atomic mass is 9.94. The monoisotopic (exact) mass is 276 g/mol. The van der Waals surface area contributed by atoms with Crippen molar-refractivity contribution in [3.8, 4) is 0 Å². The lowest BCUT2D eigenvalue weighted by Gasteiger charge is -2.23. The van der Waals surface area contributed by atoms with Gasteiger partial charge in [0.1, 0.15) is 6.04 Å². The highest BCUT2D eigenvalue weighted by atomic mass is 16.2. The van der Waals surface area contributed by atoms with Crippen molar-refractivity contribution in [3.63, 3.8) is 0 Å². The minimum absolute atomic E-state index is 0.121. The molecule has 1 aromatic rings. The van der Waals surface area contributed by atoms with Crippen molar-refractivity contribution in [2.45, 2.75) is 40.2 Å². The number of benzene rings is 1. The molecule has 4 heteroatoms. The van der Waals surface area contributed by atoms with Gasteiger partial charge in [-0.05, 0) is 12.5 Å². The summed E-state index contributed by atoms with van der Waals surface area (Å²) in [4.78, 5) is 24.2. The summed E-state index contributed by atoms with van der Waals surface area (Å²) in [5.41, 5.74) is 0.513. The number of carbonyl (C=O) groups is 2. The van der Waals surface area contributed by atoms with E-state index in [0.29, 0.717) is 13.0 Å². The van der Waals surface area contributed by atoms with Crippen LogP contribution in [0, 0.1) is 5.41 Å². The summed E-state index contributed by atoms with van der Waals surface area (Å²) >= 11 is 0. The molecule has 0 aliphatic heterocycles. The van der Waals surface area contributed by atoms with Gasteiger partial charge >= 0.3 is 0 Å². The van der Waals surface area contributed by atoms with Gasteiger partial charge in [0.15, 0.2) is 0 Å². The van der Waals surface area contributed by atoms with Crippen molar-refractivity contribution >= 4 is 11.8 Å². The molecule has 1 aromatic carbocycles. The van der Waals surface area contributed by atoms with E-state index in [1.165, 1.54) is 0 Å². The summed E-state index contributed by atoms with van der Waals surface area (Å²) in [6.45, 7) is 7.91. The van der Waals surface area contributed by atoms with Crippen molar-refractivity contribution in [2.24, 2.45) is 5.41 Å². The molecule has 110 valence electrons. The summed E-state index contributed by atoms with van der Waals surface area (Å²) in [7, 11) is 0. The van der Waals surface area contributed by atoms with Gasteiger partial charge < -0.3 is 10.6 Å². The van der Waals surface area contributed by atoms with E-state index >= 15 is 0 Å². The standard InChI is InChI=1S/C16H24N2O2/c1-5-17-14(19)13(18-15(20)16(2,3)4)11-12-9-7-6-8-10-12/h6-10,13H,5,11H2,1-4H3,(H,17,19)(H,18,20)/t13-/m0/s1. The van der Waals surface area contributed by atoms with Gasteiger partial charge in [-0.25, -0.2) is 0 Å². The molecule has 0 bridgehead atoms. The van der Waals surface area contributed by atoms with Gasteiger partial charge in [-0.2, -0.15) is 0 Å². The minimum Gasteiger partial charge on any atom is -0.355 e. The largest absolute Gasteiger partial charge is 0.355 e.